The molecule has 0 N–H and O–H groups in total. The molecule has 1 aliphatic rings. The van der Waals surface area contributed by atoms with E-state index in [0.29, 0.717) is 17.0 Å². The lowest BCUT2D eigenvalue weighted by Gasteiger charge is -2.37. The molecular formula is C31H36N2O4S2. The van der Waals surface area contributed by atoms with Crippen molar-refractivity contribution in [3.05, 3.63) is 94.7 Å². The van der Waals surface area contributed by atoms with Crippen LogP contribution in [0.15, 0.2) is 76.7 Å². The van der Waals surface area contributed by atoms with Crippen LogP contribution in [0.5, 0.6) is 0 Å². The van der Waals surface area contributed by atoms with E-state index in [-0.39, 0.29) is 16.7 Å². The van der Waals surface area contributed by atoms with Gasteiger partial charge in [0.1, 0.15) is 0 Å². The van der Waals surface area contributed by atoms with Crippen LogP contribution in [0.3, 0.4) is 0 Å². The molecule has 0 bridgehead atoms. The van der Waals surface area contributed by atoms with Gasteiger partial charge in [-0.15, -0.1) is 0 Å². The fraction of sp³-hybridized carbons (Fsp3) is 0.355. The highest BCUT2D eigenvalue weighted by atomic mass is 32.2. The number of sulfone groups is 1. The summed E-state index contributed by atoms with van der Waals surface area (Å²) in [5.41, 5.74) is 5.88. The van der Waals surface area contributed by atoms with Crippen LogP contribution >= 0.6 is 0 Å². The third-order valence-electron chi connectivity index (χ3n) is 7.99. The van der Waals surface area contributed by atoms with Gasteiger partial charge in [-0.3, -0.25) is 4.90 Å². The predicted octanol–water partition coefficient (Wildman–Crippen LogP) is 6.32. The van der Waals surface area contributed by atoms with E-state index in [4.69, 9.17) is 0 Å². The Hall–Kier alpha value is -2.94. The minimum atomic E-state index is -3.75. The van der Waals surface area contributed by atoms with Crippen LogP contribution in [-0.2, 0) is 26.4 Å². The molecule has 206 valence electrons. The molecule has 6 nitrogen and oxygen atoms in total. The fourth-order valence-electron chi connectivity index (χ4n) is 5.81. The monoisotopic (exact) mass is 564 g/mol. The second kappa shape index (κ2) is 10.6. The first-order valence-electron chi connectivity index (χ1n) is 13.5. The molecule has 0 aliphatic carbocycles. The summed E-state index contributed by atoms with van der Waals surface area (Å²) < 4.78 is 53.8. The molecule has 0 amide bonds. The van der Waals surface area contributed by atoms with Gasteiger partial charge < -0.3 is 0 Å². The highest BCUT2D eigenvalue weighted by Crippen LogP contribution is 2.36. The molecule has 4 aromatic rings. The molecule has 2 heterocycles. The maximum Gasteiger partial charge on any atom is 0.268 e. The molecule has 8 heteroatoms. The quantitative estimate of drug-likeness (QED) is 0.262. The Morgan fingerprint density at radius 2 is 1.59 bits per heavy atom. The van der Waals surface area contributed by atoms with Crippen molar-refractivity contribution in [2.45, 2.75) is 69.3 Å². The number of hydrogen-bond donors (Lipinski definition) is 0. The number of piperidine rings is 1. The Morgan fingerprint density at radius 3 is 2.31 bits per heavy atom. The van der Waals surface area contributed by atoms with Gasteiger partial charge >= 0.3 is 0 Å². The summed E-state index contributed by atoms with van der Waals surface area (Å²) in [6.07, 6.45) is 4.77. The minimum absolute atomic E-state index is 0.0772. The number of benzene rings is 3. The molecule has 0 spiro atoms. The lowest BCUT2D eigenvalue weighted by molar-refractivity contribution is 0.140. The Labute approximate surface area is 232 Å². The van der Waals surface area contributed by atoms with Gasteiger partial charge in [-0.2, -0.15) is 0 Å². The summed E-state index contributed by atoms with van der Waals surface area (Å²) in [5, 5.41) is 0.940. The lowest BCUT2D eigenvalue weighted by atomic mass is 9.93. The zero-order chi connectivity index (χ0) is 27.9. The smallest absolute Gasteiger partial charge is 0.268 e. The number of hydrogen-bond acceptors (Lipinski definition) is 5. The number of likely N-dealkylation sites (tertiary alicyclic amines) is 1. The molecule has 1 fully saturated rings. The van der Waals surface area contributed by atoms with Gasteiger partial charge in [-0.25, -0.2) is 20.8 Å². The van der Waals surface area contributed by atoms with E-state index in [2.05, 4.69) is 17.9 Å². The van der Waals surface area contributed by atoms with Crippen molar-refractivity contribution >= 4 is 30.8 Å². The van der Waals surface area contributed by atoms with Crippen molar-refractivity contribution in [3.8, 4) is 0 Å². The zero-order valence-electron chi connectivity index (χ0n) is 23.0. The van der Waals surface area contributed by atoms with E-state index in [0.717, 1.165) is 59.0 Å². The van der Waals surface area contributed by atoms with Crippen LogP contribution in [0.25, 0.3) is 10.9 Å². The number of aryl methyl sites for hydroxylation is 3. The van der Waals surface area contributed by atoms with Crippen LogP contribution < -0.4 is 0 Å². The molecule has 1 unspecified atom stereocenters. The summed E-state index contributed by atoms with van der Waals surface area (Å²) in [6.45, 7) is 9.21. The van der Waals surface area contributed by atoms with E-state index in [1.807, 2.05) is 50.2 Å². The van der Waals surface area contributed by atoms with Crippen LogP contribution in [-0.4, -0.2) is 38.0 Å². The minimum Gasteiger partial charge on any atom is -0.292 e. The molecule has 1 saturated heterocycles. The third kappa shape index (κ3) is 5.17. The molecule has 3 aromatic carbocycles. The molecule has 1 atom stereocenters. The maximum atomic E-state index is 13.6. The van der Waals surface area contributed by atoms with Gasteiger partial charge in [0.15, 0.2) is 9.84 Å². The van der Waals surface area contributed by atoms with Crippen molar-refractivity contribution in [2.75, 3.05) is 12.3 Å². The maximum absolute atomic E-state index is 13.6. The predicted molar refractivity (Wildman–Crippen MR) is 156 cm³/mol. The first kappa shape index (κ1) is 27.6. The van der Waals surface area contributed by atoms with Gasteiger partial charge in [0.05, 0.1) is 21.1 Å². The molecule has 0 radical (unpaired) electrons. The number of rotatable bonds is 7. The Bertz CT molecular complexity index is 1740. The SMILES string of the molecule is CCS(=O)(=O)c1cccc(C2CCCCN2Cc2c(C)cc(C)c3c2ccn3S(=O)(=O)c2ccc(C)cc2)c1. The Balaban J connectivity index is 1.55. The van der Waals surface area contributed by atoms with E-state index >= 15 is 0 Å². The fourth-order valence-corrected chi connectivity index (χ4v) is 8.16. The summed E-state index contributed by atoms with van der Waals surface area (Å²) in [5.74, 6) is 0.0772. The van der Waals surface area contributed by atoms with Crippen LogP contribution in [0.2, 0.25) is 0 Å². The van der Waals surface area contributed by atoms with E-state index in [1.54, 1.807) is 31.3 Å². The van der Waals surface area contributed by atoms with Crippen molar-refractivity contribution in [1.82, 2.24) is 8.87 Å². The Morgan fingerprint density at radius 1 is 0.846 bits per heavy atom. The standard InChI is InChI=1S/C31H36N2O4S2/c1-5-38(34,35)27-10-8-9-25(20-27)30-11-6-7-17-32(30)21-29-23(3)19-24(4)31-28(29)16-18-33(31)39(36,37)26-14-12-22(2)13-15-26/h8-10,12-16,18-20,30H,5-7,11,17,21H2,1-4H3. The van der Waals surface area contributed by atoms with Gasteiger partial charge in [0, 0.05) is 24.2 Å². The van der Waals surface area contributed by atoms with Crippen molar-refractivity contribution in [1.29, 1.82) is 0 Å². The zero-order valence-corrected chi connectivity index (χ0v) is 24.6. The van der Waals surface area contributed by atoms with E-state index in [1.165, 1.54) is 3.97 Å². The molecule has 1 aromatic heterocycles. The summed E-state index contributed by atoms with van der Waals surface area (Å²) in [7, 11) is -7.04. The van der Waals surface area contributed by atoms with Crippen LogP contribution in [0.1, 0.15) is 60.0 Å². The third-order valence-corrected chi connectivity index (χ3v) is 11.4. The van der Waals surface area contributed by atoms with Gasteiger partial charge in [-0.05, 0) is 92.7 Å². The molecule has 5 rings (SSSR count). The summed E-state index contributed by atoms with van der Waals surface area (Å²) in [4.78, 5) is 3.06. The van der Waals surface area contributed by atoms with Crippen LogP contribution in [0.4, 0.5) is 0 Å². The second-order valence-electron chi connectivity index (χ2n) is 10.6. The van der Waals surface area contributed by atoms with E-state index < -0.39 is 19.9 Å². The average Bonchev–Trinajstić information content (AvgIpc) is 3.38. The van der Waals surface area contributed by atoms with Gasteiger partial charge in [0.2, 0.25) is 0 Å². The normalized spacial score (nSPS) is 17.1. The first-order valence-corrected chi connectivity index (χ1v) is 16.6. The van der Waals surface area contributed by atoms with Crippen molar-refractivity contribution in [2.24, 2.45) is 0 Å². The molecular weight excluding hydrogens is 528 g/mol. The summed E-state index contributed by atoms with van der Waals surface area (Å²) >= 11 is 0. The van der Waals surface area contributed by atoms with Crippen molar-refractivity contribution in [3.63, 3.8) is 0 Å². The topological polar surface area (TPSA) is 76.5 Å². The number of aromatic nitrogens is 1. The van der Waals surface area contributed by atoms with Crippen molar-refractivity contribution < 1.29 is 16.8 Å². The van der Waals surface area contributed by atoms with Gasteiger partial charge in [-0.1, -0.05) is 49.2 Å². The first-order chi connectivity index (χ1) is 18.5. The summed E-state index contributed by atoms with van der Waals surface area (Å²) in [6, 6.07) is 18.4. The number of nitrogens with zero attached hydrogens (tertiary/aromatic N) is 2. The molecule has 1 aliphatic heterocycles. The highest BCUT2D eigenvalue weighted by Gasteiger charge is 2.28. The van der Waals surface area contributed by atoms with Crippen LogP contribution in [0, 0.1) is 20.8 Å². The largest absolute Gasteiger partial charge is 0.292 e. The van der Waals surface area contributed by atoms with E-state index in [9.17, 15) is 16.8 Å². The highest BCUT2D eigenvalue weighted by molar-refractivity contribution is 7.91. The molecule has 39 heavy (non-hydrogen) atoms. The average molecular weight is 565 g/mol. The molecule has 0 saturated carbocycles. The van der Waals surface area contributed by atoms with Gasteiger partial charge in [0.25, 0.3) is 10.0 Å². The number of fused-ring (bicyclic) bond motifs is 1. The second-order valence-corrected chi connectivity index (χ2v) is 14.7. The Kier molecular flexibility index (Phi) is 7.48. The lowest BCUT2D eigenvalue weighted by Crippen LogP contribution is -2.33.